The van der Waals surface area contributed by atoms with Gasteiger partial charge in [0, 0.05) is 24.2 Å². The molecule has 0 spiro atoms. The number of amides is 1. The van der Waals surface area contributed by atoms with E-state index in [0.717, 1.165) is 17.8 Å². The van der Waals surface area contributed by atoms with E-state index < -0.39 is 0 Å². The van der Waals surface area contributed by atoms with Gasteiger partial charge in [-0.2, -0.15) is 5.10 Å². The minimum atomic E-state index is -0.332. The molecule has 7 nitrogen and oxygen atoms in total. The molecule has 33 heavy (non-hydrogen) atoms. The molecule has 4 rings (SSSR count). The molecule has 0 radical (unpaired) electrons. The highest BCUT2D eigenvalue weighted by Crippen LogP contribution is 2.27. The fourth-order valence-corrected chi connectivity index (χ4v) is 3.97. The second-order valence-corrected chi connectivity index (χ2v) is 8.04. The number of aromatic nitrogens is 4. The first-order chi connectivity index (χ1) is 16.0. The monoisotopic (exact) mass is 441 g/mol. The fourth-order valence-electron chi connectivity index (χ4n) is 3.97. The van der Waals surface area contributed by atoms with E-state index in [1.807, 2.05) is 56.3 Å². The maximum Gasteiger partial charge on any atom is 0.267 e. The molecule has 2 aromatic heterocycles. The third-order valence-corrected chi connectivity index (χ3v) is 5.53. The molecule has 2 aromatic carbocycles. The molecule has 0 saturated carbocycles. The lowest BCUT2D eigenvalue weighted by molar-refractivity contribution is -0.121. The largest absolute Gasteiger partial charge is 0.354 e. The fraction of sp³-hybridized carbons (Fsp3) is 0.231. The van der Waals surface area contributed by atoms with Crippen LogP contribution in [0.4, 0.5) is 0 Å². The first-order valence-corrected chi connectivity index (χ1v) is 11.0. The van der Waals surface area contributed by atoms with Crippen LogP contribution in [-0.2, 0) is 11.3 Å². The number of carbonyl (C=O) groups excluding carboxylic acids is 1. The normalized spacial score (nSPS) is 11.0. The summed E-state index contributed by atoms with van der Waals surface area (Å²) in [5.74, 6) is 0.416. The minimum Gasteiger partial charge on any atom is -0.354 e. The summed E-state index contributed by atoms with van der Waals surface area (Å²) in [7, 11) is 0. The summed E-state index contributed by atoms with van der Waals surface area (Å²) in [5.41, 5.74) is 3.84. The van der Waals surface area contributed by atoms with Crippen LogP contribution in [0.1, 0.15) is 34.9 Å². The van der Waals surface area contributed by atoms with Gasteiger partial charge in [0.2, 0.25) is 5.91 Å². The summed E-state index contributed by atoms with van der Waals surface area (Å²) in [4.78, 5) is 24.9. The molecule has 0 unspecified atom stereocenters. The summed E-state index contributed by atoms with van der Waals surface area (Å²) in [6.45, 7) is 4.15. The van der Waals surface area contributed by atoms with E-state index >= 15 is 0 Å². The van der Waals surface area contributed by atoms with Crippen molar-refractivity contribution in [2.45, 2.75) is 32.7 Å². The molecule has 1 amide bonds. The zero-order valence-corrected chi connectivity index (χ0v) is 18.8. The maximum atomic E-state index is 12.6. The van der Waals surface area contributed by atoms with Gasteiger partial charge < -0.3 is 5.32 Å². The van der Waals surface area contributed by atoms with E-state index in [2.05, 4.69) is 39.8 Å². The van der Waals surface area contributed by atoms with Crippen LogP contribution < -0.4 is 10.9 Å². The van der Waals surface area contributed by atoms with E-state index in [1.54, 1.807) is 10.7 Å². The molecule has 4 aromatic rings. The second kappa shape index (κ2) is 10.1. The molecule has 0 fully saturated rings. The van der Waals surface area contributed by atoms with Crippen molar-refractivity contribution in [3.05, 3.63) is 112 Å². The van der Waals surface area contributed by atoms with E-state index in [-0.39, 0.29) is 23.9 Å². The average molecular weight is 442 g/mol. The summed E-state index contributed by atoms with van der Waals surface area (Å²) in [5, 5.41) is 11.7. The van der Waals surface area contributed by atoms with Gasteiger partial charge in [0.15, 0.2) is 5.82 Å². The molecule has 1 N–H and O–H groups in total. The third-order valence-electron chi connectivity index (χ3n) is 5.53. The van der Waals surface area contributed by atoms with Gasteiger partial charge in [-0.1, -0.05) is 60.7 Å². The number of aryl methyl sites for hydroxylation is 2. The number of carbonyl (C=O) groups is 1. The first kappa shape index (κ1) is 22.2. The SMILES string of the molecule is Cc1cc(C)n(-c2ccc(=O)n(CC(=O)NCCC(c3ccccc3)c3ccccc3)n2)n1. The molecule has 2 heterocycles. The van der Waals surface area contributed by atoms with Crippen molar-refractivity contribution < 1.29 is 4.79 Å². The van der Waals surface area contributed by atoms with E-state index in [4.69, 9.17) is 0 Å². The Morgan fingerprint density at radius 2 is 1.55 bits per heavy atom. The van der Waals surface area contributed by atoms with Crippen LogP contribution in [-0.4, -0.2) is 32.0 Å². The number of nitrogens with one attached hydrogen (secondary N) is 1. The van der Waals surface area contributed by atoms with Crippen LogP contribution >= 0.6 is 0 Å². The summed E-state index contributed by atoms with van der Waals surface area (Å²) >= 11 is 0. The van der Waals surface area contributed by atoms with Crippen molar-refractivity contribution >= 4 is 5.91 Å². The molecular weight excluding hydrogens is 414 g/mol. The van der Waals surface area contributed by atoms with E-state index in [9.17, 15) is 9.59 Å². The number of rotatable bonds is 8. The summed E-state index contributed by atoms with van der Waals surface area (Å²) in [6.07, 6.45) is 0.744. The van der Waals surface area contributed by atoms with Crippen LogP contribution in [0.25, 0.3) is 5.82 Å². The molecule has 0 atom stereocenters. The predicted octanol–water partition coefficient (Wildman–Crippen LogP) is 3.38. The van der Waals surface area contributed by atoms with Crippen molar-refractivity contribution in [3.63, 3.8) is 0 Å². The molecule has 0 bridgehead atoms. The summed E-state index contributed by atoms with van der Waals surface area (Å²) < 4.78 is 2.83. The highest BCUT2D eigenvalue weighted by molar-refractivity contribution is 5.75. The van der Waals surface area contributed by atoms with Crippen LogP contribution in [0.2, 0.25) is 0 Å². The van der Waals surface area contributed by atoms with Gasteiger partial charge in [0.05, 0.1) is 5.69 Å². The van der Waals surface area contributed by atoms with Crippen LogP contribution in [0.15, 0.2) is 83.7 Å². The van der Waals surface area contributed by atoms with Gasteiger partial charge in [-0.25, -0.2) is 9.36 Å². The lowest BCUT2D eigenvalue weighted by atomic mass is 9.88. The standard InChI is InChI=1S/C26H27N5O2/c1-19-17-20(2)31(28-19)24-13-14-26(33)30(29-24)18-25(32)27-16-15-23(21-9-5-3-6-10-21)22-11-7-4-8-12-22/h3-14,17,23H,15-16,18H2,1-2H3,(H,27,32). The molecule has 0 aliphatic rings. The third kappa shape index (κ3) is 5.44. The van der Waals surface area contributed by atoms with Gasteiger partial charge in [0.25, 0.3) is 5.56 Å². The molecular formula is C26H27N5O2. The quantitative estimate of drug-likeness (QED) is 0.454. The molecule has 168 valence electrons. The second-order valence-electron chi connectivity index (χ2n) is 8.04. The number of hydrogen-bond donors (Lipinski definition) is 1. The lowest BCUT2D eigenvalue weighted by Gasteiger charge is -2.18. The van der Waals surface area contributed by atoms with E-state index in [1.165, 1.54) is 21.9 Å². The van der Waals surface area contributed by atoms with Crippen LogP contribution in [0, 0.1) is 13.8 Å². The molecule has 7 heteroatoms. The zero-order valence-electron chi connectivity index (χ0n) is 18.8. The van der Waals surface area contributed by atoms with Crippen molar-refractivity contribution in [2.75, 3.05) is 6.54 Å². The topological polar surface area (TPSA) is 81.8 Å². The Hall–Kier alpha value is -4.00. The van der Waals surface area contributed by atoms with Gasteiger partial charge in [0.1, 0.15) is 6.54 Å². The van der Waals surface area contributed by atoms with E-state index in [0.29, 0.717) is 12.4 Å². The summed E-state index contributed by atoms with van der Waals surface area (Å²) in [6, 6.07) is 25.5. The van der Waals surface area contributed by atoms with Crippen molar-refractivity contribution in [3.8, 4) is 5.82 Å². The minimum absolute atomic E-state index is 0.146. The smallest absolute Gasteiger partial charge is 0.267 e. The molecule has 0 aliphatic heterocycles. The molecule has 0 aliphatic carbocycles. The van der Waals surface area contributed by atoms with Crippen molar-refractivity contribution in [1.82, 2.24) is 24.9 Å². The van der Waals surface area contributed by atoms with Gasteiger partial charge in [-0.05, 0) is 43.5 Å². The Kier molecular flexibility index (Phi) is 6.78. The van der Waals surface area contributed by atoms with Gasteiger partial charge in [-0.15, -0.1) is 5.10 Å². The maximum absolute atomic E-state index is 12.6. The Balaban J connectivity index is 1.42. The predicted molar refractivity (Wildman–Crippen MR) is 127 cm³/mol. The lowest BCUT2D eigenvalue weighted by Crippen LogP contribution is -2.34. The Morgan fingerprint density at radius 3 is 2.12 bits per heavy atom. The van der Waals surface area contributed by atoms with Crippen molar-refractivity contribution in [2.24, 2.45) is 0 Å². The zero-order chi connectivity index (χ0) is 23.2. The highest BCUT2D eigenvalue weighted by Gasteiger charge is 2.15. The number of hydrogen-bond acceptors (Lipinski definition) is 4. The average Bonchev–Trinajstić information content (AvgIpc) is 3.17. The highest BCUT2D eigenvalue weighted by atomic mass is 16.2. The molecule has 0 saturated heterocycles. The number of nitrogens with zero attached hydrogens (tertiary/aromatic N) is 4. The number of benzene rings is 2. The van der Waals surface area contributed by atoms with Gasteiger partial charge >= 0.3 is 0 Å². The van der Waals surface area contributed by atoms with Gasteiger partial charge in [-0.3, -0.25) is 9.59 Å². The Morgan fingerprint density at radius 1 is 0.909 bits per heavy atom. The van der Waals surface area contributed by atoms with Crippen molar-refractivity contribution in [1.29, 1.82) is 0 Å². The van der Waals surface area contributed by atoms with Crippen LogP contribution in [0.5, 0.6) is 0 Å². The first-order valence-electron chi connectivity index (χ1n) is 11.0. The van der Waals surface area contributed by atoms with Crippen LogP contribution in [0.3, 0.4) is 0 Å². The Bertz CT molecular complexity index is 1240. The Labute approximate surface area is 192 Å².